The van der Waals surface area contributed by atoms with E-state index in [1.165, 1.54) is 0 Å². The molecular weight excluding hydrogens is 309 g/mol. The molecule has 0 aliphatic carbocycles. The van der Waals surface area contributed by atoms with E-state index >= 15 is 0 Å². The van der Waals surface area contributed by atoms with Gasteiger partial charge < -0.3 is 10.1 Å². The van der Waals surface area contributed by atoms with Gasteiger partial charge in [-0.2, -0.15) is 0 Å². The molecule has 21 heavy (non-hydrogen) atoms. The van der Waals surface area contributed by atoms with Crippen molar-refractivity contribution in [1.29, 1.82) is 0 Å². The smallest absolute Gasteiger partial charge is 0.261 e. The summed E-state index contributed by atoms with van der Waals surface area (Å²) in [5.74, 6) is 0.931. The number of ether oxygens (including phenoxy) is 1. The topological polar surface area (TPSA) is 38.3 Å². The molecule has 0 saturated heterocycles. The van der Waals surface area contributed by atoms with E-state index in [4.69, 9.17) is 27.9 Å². The summed E-state index contributed by atoms with van der Waals surface area (Å²) in [6.07, 6.45) is 0.129. The van der Waals surface area contributed by atoms with Crippen LogP contribution in [0.5, 0.6) is 5.75 Å². The van der Waals surface area contributed by atoms with E-state index in [0.29, 0.717) is 16.7 Å². The first kappa shape index (κ1) is 18.1. The van der Waals surface area contributed by atoms with Crippen LogP contribution in [0.3, 0.4) is 0 Å². The van der Waals surface area contributed by atoms with Crippen molar-refractivity contribution < 1.29 is 9.53 Å². The van der Waals surface area contributed by atoms with Crippen LogP contribution >= 0.6 is 23.2 Å². The zero-order chi connectivity index (χ0) is 16.0. The lowest BCUT2D eigenvalue weighted by atomic mass is 9.85. The van der Waals surface area contributed by atoms with Gasteiger partial charge >= 0.3 is 0 Å². The molecule has 1 rings (SSSR count). The van der Waals surface area contributed by atoms with Gasteiger partial charge in [0.25, 0.3) is 5.91 Å². The Hall–Kier alpha value is -0.930. The highest BCUT2D eigenvalue weighted by molar-refractivity contribution is 6.30. The Morgan fingerprint density at radius 3 is 2.57 bits per heavy atom. The van der Waals surface area contributed by atoms with Gasteiger partial charge in [-0.1, -0.05) is 38.4 Å². The third-order valence-electron chi connectivity index (χ3n) is 3.24. The second-order valence-corrected chi connectivity index (χ2v) is 6.94. The van der Waals surface area contributed by atoms with Gasteiger partial charge in [0, 0.05) is 16.9 Å². The maximum atomic E-state index is 12.3. The first-order valence-electron chi connectivity index (χ1n) is 7.02. The molecule has 3 nitrogen and oxygen atoms in total. The van der Waals surface area contributed by atoms with Crippen molar-refractivity contribution >= 4 is 29.1 Å². The van der Waals surface area contributed by atoms with Crippen molar-refractivity contribution in [3.63, 3.8) is 0 Å². The standard InChI is InChI=1S/C16H23Cl2NO2/c1-11(21-13-7-5-6-12(18)10-13)15(20)19-14(8-9-17)16(2,3)4/h5-7,10-11,14H,8-9H2,1-4H3,(H,19,20). The lowest BCUT2D eigenvalue weighted by molar-refractivity contribution is -0.128. The number of amides is 1. The summed E-state index contributed by atoms with van der Waals surface area (Å²) in [5.41, 5.74) is -0.0552. The van der Waals surface area contributed by atoms with Gasteiger partial charge in [0.1, 0.15) is 5.75 Å². The average Bonchev–Trinajstić information content (AvgIpc) is 2.37. The molecule has 1 aromatic rings. The Morgan fingerprint density at radius 1 is 1.38 bits per heavy atom. The van der Waals surface area contributed by atoms with Crippen LogP contribution in [0.2, 0.25) is 5.02 Å². The Labute approximate surface area is 137 Å². The third kappa shape index (κ3) is 6.15. The molecule has 0 heterocycles. The summed E-state index contributed by atoms with van der Waals surface area (Å²) >= 11 is 11.7. The highest BCUT2D eigenvalue weighted by Gasteiger charge is 2.27. The number of rotatable bonds is 6. The molecule has 0 radical (unpaired) electrons. The van der Waals surface area contributed by atoms with Gasteiger partial charge in [-0.3, -0.25) is 4.79 Å². The third-order valence-corrected chi connectivity index (χ3v) is 3.69. The maximum absolute atomic E-state index is 12.3. The Kier molecular flexibility index (Phi) is 6.82. The van der Waals surface area contributed by atoms with Crippen molar-refractivity contribution in [2.24, 2.45) is 5.41 Å². The van der Waals surface area contributed by atoms with Crippen molar-refractivity contribution in [1.82, 2.24) is 5.32 Å². The molecule has 0 spiro atoms. The summed E-state index contributed by atoms with van der Waals surface area (Å²) in [6, 6.07) is 7.01. The summed E-state index contributed by atoms with van der Waals surface area (Å²) in [7, 11) is 0. The van der Waals surface area contributed by atoms with Crippen LogP contribution in [0, 0.1) is 5.41 Å². The summed E-state index contributed by atoms with van der Waals surface area (Å²) in [5, 5.41) is 3.59. The predicted molar refractivity (Wildman–Crippen MR) is 88.3 cm³/mol. The van der Waals surface area contributed by atoms with Crippen LogP contribution in [0.4, 0.5) is 0 Å². The number of hydrogen-bond acceptors (Lipinski definition) is 2. The molecule has 0 aliphatic heterocycles. The van der Waals surface area contributed by atoms with Crippen molar-refractivity contribution in [2.75, 3.05) is 5.88 Å². The number of halogens is 2. The second-order valence-electron chi connectivity index (χ2n) is 6.12. The van der Waals surface area contributed by atoms with Gasteiger partial charge in [-0.15, -0.1) is 11.6 Å². The van der Waals surface area contributed by atoms with Gasteiger partial charge in [-0.25, -0.2) is 0 Å². The first-order chi connectivity index (χ1) is 9.74. The number of carbonyl (C=O) groups is 1. The molecule has 0 aromatic heterocycles. The van der Waals surface area contributed by atoms with E-state index in [2.05, 4.69) is 26.1 Å². The summed E-state index contributed by atoms with van der Waals surface area (Å²) in [4.78, 5) is 12.3. The van der Waals surface area contributed by atoms with Gasteiger partial charge in [0.05, 0.1) is 0 Å². The average molecular weight is 332 g/mol. The Morgan fingerprint density at radius 2 is 2.05 bits per heavy atom. The van der Waals surface area contributed by atoms with E-state index in [9.17, 15) is 4.79 Å². The first-order valence-corrected chi connectivity index (χ1v) is 7.94. The zero-order valence-corrected chi connectivity index (χ0v) is 14.5. The maximum Gasteiger partial charge on any atom is 0.261 e. The molecule has 5 heteroatoms. The van der Waals surface area contributed by atoms with Crippen LogP contribution in [0.25, 0.3) is 0 Å². The number of carbonyl (C=O) groups excluding carboxylic acids is 1. The normalized spacial score (nSPS) is 14.4. The second kappa shape index (κ2) is 7.90. The largest absolute Gasteiger partial charge is 0.481 e. The van der Waals surface area contributed by atoms with Gasteiger partial charge in [0.15, 0.2) is 6.10 Å². The molecule has 1 amide bonds. The fraction of sp³-hybridized carbons (Fsp3) is 0.562. The minimum atomic E-state index is -0.594. The zero-order valence-electron chi connectivity index (χ0n) is 13.0. The van der Waals surface area contributed by atoms with Gasteiger partial charge in [0.2, 0.25) is 0 Å². The van der Waals surface area contributed by atoms with Crippen molar-refractivity contribution in [3.05, 3.63) is 29.3 Å². The van der Waals surface area contributed by atoms with E-state index in [1.54, 1.807) is 31.2 Å². The van der Waals surface area contributed by atoms with E-state index in [-0.39, 0.29) is 17.4 Å². The van der Waals surface area contributed by atoms with Gasteiger partial charge in [-0.05, 0) is 37.0 Å². The van der Waals surface area contributed by atoms with Crippen LogP contribution in [-0.4, -0.2) is 23.9 Å². The minimum Gasteiger partial charge on any atom is -0.481 e. The lowest BCUT2D eigenvalue weighted by Crippen LogP contribution is -2.48. The molecular formula is C16H23Cl2NO2. The van der Waals surface area contributed by atoms with E-state index in [1.807, 2.05) is 0 Å². The van der Waals surface area contributed by atoms with E-state index < -0.39 is 6.10 Å². The summed E-state index contributed by atoms with van der Waals surface area (Å²) < 4.78 is 5.62. The molecule has 118 valence electrons. The highest BCUT2D eigenvalue weighted by Crippen LogP contribution is 2.23. The van der Waals surface area contributed by atoms with Crippen LogP contribution in [-0.2, 0) is 4.79 Å². The van der Waals surface area contributed by atoms with Crippen LogP contribution in [0.15, 0.2) is 24.3 Å². The SMILES string of the molecule is CC(Oc1cccc(Cl)c1)C(=O)NC(CCCl)C(C)(C)C. The Bertz CT molecular complexity index is 472. The molecule has 2 atom stereocenters. The molecule has 0 saturated carbocycles. The summed E-state index contributed by atoms with van der Waals surface area (Å²) in [6.45, 7) is 7.95. The highest BCUT2D eigenvalue weighted by atomic mass is 35.5. The number of nitrogens with one attached hydrogen (secondary N) is 1. The van der Waals surface area contributed by atoms with Crippen LogP contribution in [0.1, 0.15) is 34.1 Å². The van der Waals surface area contributed by atoms with Crippen molar-refractivity contribution in [2.45, 2.75) is 46.3 Å². The van der Waals surface area contributed by atoms with Crippen molar-refractivity contribution in [3.8, 4) is 5.75 Å². The number of alkyl halides is 1. The Balaban J connectivity index is 2.65. The van der Waals surface area contributed by atoms with E-state index in [0.717, 1.165) is 6.42 Å². The van der Waals surface area contributed by atoms with Crippen LogP contribution < -0.4 is 10.1 Å². The molecule has 0 aliphatic rings. The number of hydrogen-bond donors (Lipinski definition) is 1. The minimum absolute atomic E-state index is 0.00733. The quantitative estimate of drug-likeness (QED) is 0.790. The molecule has 0 fully saturated rings. The monoisotopic (exact) mass is 331 g/mol. The molecule has 0 bridgehead atoms. The fourth-order valence-electron chi connectivity index (χ4n) is 1.92. The lowest BCUT2D eigenvalue weighted by Gasteiger charge is -2.32. The number of benzene rings is 1. The predicted octanol–water partition coefficient (Wildman–Crippen LogP) is 4.27. The molecule has 1 N–H and O–H groups in total. The molecule has 2 unspecified atom stereocenters. The molecule has 1 aromatic carbocycles. The fourth-order valence-corrected chi connectivity index (χ4v) is 2.32.